The van der Waals surface area contributed by atoms with Crippen LogP contribution in [-0.4, -0.2) is 18.0 Å². The zero-order valence-electron chi connectivity index (χ0n) is 11.5. The molecule has 0 spiro atoms. The molecule has 3 nitrogen and oxygen atoms in total. The molecule has 0 radical (unpaired) electrons. The molecule has 1 aliphatic carbocycles. The first-order valence-electron chi connectivity index (χ1n) is 7.37. The Labute approximate surface area is 118 Å². The van der Waals surface area contributed by atoms with E-state index in [1.807, 2.05) is 11.3 Å². The van der Waals surface area contributed by atoms with E-state index in [9.17, 15) is 4.79 Å². The average Bonchev–Trinajstić information content (AvgIpc) is 3.08. The van der Waals surface area contributed by atoms with E-state index < -0.39 is 0 Å². The third kappa shape index (κ3) is 2.32. The summed E-state index contributed by atoms with van der Waals surface area (Å²) < 4.78 is 0. The Hall–Kier alpha value is -0.870. The monoisotopic (exact) mass is 278 g/mol. The Morgan fingerprint density at radius 1 is 1.58 bits per heavy atom. The summed E-state index contributed by atoms with van der Waals surface area (Å²) in [6.07, 6.45) is 6.40. The van der Waals surface area contributed by atoms with Crippen molar-refractivity contribution in [2.75, 3.05) is 6.54 Å². The number of carbonyl (C=O) groups excluding carboxylic acids is 1. The van der Waals surface area contributed by atoms with Gasteiger partial charge in [0.15, 0.2) is 0 Å². The summed E-state index contributed by atoms with van der Waals surface area (Å²) in [4.78, 5) is 14.1. The largest absolute Gasteiger partial charge is 0.348 e. The maximum Gasteiger partial charge on any atom is 0.240 e. The van der Waals surface area contributed by atoms with Crippen molar-refractivity contribution in [2.24, 2.45) is 0 Å². The van der Waals surface area contributed by atoms with Gasteiger partial charge in [-0.1, -0.05) is 6.92 Å². The van der Waals surface area contributed by atoms with Gasteiger partial charge in [0.05, 0.1) is 11.6 Å². The third-order valence-electron chi connectivity index (χ3n) is 4.64. The fraction of sp³-hybridized carbons (Fsp3) is 0.667. The highest BCUT2D eigenvalue weighted by Crippen LogP contribution is 2.34. The lowest BCUT2D eigenvalue weighted by Crippen LogP contribution is -2.54. The summed E-state index contributed by atoms with van der Waals surface area (Å²) in [5.74, 6) is 0.205. The second-order valence-electron chi connectivity index (χ2n) is 5.68. The normalized spacial score (nSPS) is 30.1. The van der Waals surface area contributed by atoms with Crippen molar-refractivity contribution in [3.63, 3.8) is 0 Å². The standard InChI is InChI=1S/C15H22N2OS/c1-2-15(8-4-9-16-15)14(18)17-12-5-3-6-13-11(12)7-10-19-13/h7,10,12,16H,2-6,8-9H2,1H3,(H,17,18). The van der Waals surface area contributed by atoms with E-state index in [0.29, 0.717) is 0 Å². The molecule has 2 atom stereocenters. The molecule has 1 fully saturated rings. The number of carbonyl (C=O) groups is 1. The Morgan fingerprint density at radius 2 is 2.47 bits per heavy atom. The number of amides is 1. The highest BCUT2D eigenvalue weighted by Gasteiger charge is 2.40. The molecule has 2 unspecified atom stereocenters. The van der Waals surface area contributed by atoms with Crippen molar-refractivity contribution in [3.8, 4) is 0 Å². The van der Waals surface area contributed by atoms with Gasteiger partial charge in [-0.15, -0.1) is 11.3 Å². The molecule has 104 valence electrons. The van der Waals surface area contributed by atoms with Crippen molar-refractivity contribution in [3.05, 3.63) is 21.9 Å². The second-order valence-corrected chi connectivity index (χ2v) is 6.68. The fourth-order valence-electron chi connectivity index (χ4n) is 3.40. The van der Waals surface area contributed by atoms with Crippen LogP contribution in [0.1, 0.15) is 55.5 Å². The molecule has 3 rings (SSSR count). The Kier molecular flexibility index (Phi) is 3.63. The molecule has 1 aromatic heterocycles. The van der Waals surface area contributed by atoms with Gasteiger partial charge in [-0.25, -0.2) is 0 Å². The van der Waals surface area contributed by atoms with E-state index in [2.05, 4.69) is 29.0 Å². The Bertz CT molecular complexity index is 462. The minimum absolute atomic E-state index is 0.205. The zero-order valence-corrected chi connectivity index (χ0v) is 12.3. The molecule has 1 aromatic rings. The van der Waals surface area contributed by atoms with E-state index in [1.54, 1.807) is 0 Å². The number of rotatable bonds is 3. The molecule has 2 N–H and O–H groups in total. The van der Waals surface area contributed by atoms with Gasteiger partial charge >= 0.3 is 0 Å². The van der Waals surface area contributed by atoms with Crippen LogP contribution in [0.4, 0.5) is 0 Å². The number of fused-ring (bicyclic) bond motifs is 1. The van der Waals surface area contributed by atoms with Crippen LogP contribution in [-0.2, 0) is 11.2 Å². The minimum atomic E-state index is -0.312. The molecule has 0 aromatic carbocycles. The van der Waals surface area contributed by atoms with Gasteiger partial charge < -0.3 is 10.6 Å². The molecule has 0 saturated carbocycles. The van der Waals surface area contributed by atoms with Crippen LogP contribution in [0.2, 0.25) is 0 Å². The maximum atomic E-state index is 12.6. The number of hydrogen-bond acceptors (Lipinski definition) is 3. The summed E-state index contributed by atoms with van der Waals surface area (Å²) in [6, 6.07) is 2.42. The number of aryl methyl sites for hydroxylation is 1. The molecular formula is C15H22N2OS. The molecular weight excluding hydrogens is 256 g/mol. The van der Waals surface area contributed by atoms with Crippen molar-refractivity contribution in [1.29, 1.82) is 0 Å². The van der Waals surface area contributed by atoms with Crippen LogP contribution < -0.4 is 10.6 Å². The molecule has 1 amide bonds. The van der Waals surface area contributed by atoms with E-state index in [-0.39, 0.29) is 17.5 Å². The predicted octanol–water partition coefficient (Wildman–Crippen LogP) is 2.77. The highest BCUT2D eigenvalue weighted by molar-refractivity contribution is 7.10. The number of nitrogens with one attached hydrogen (secondary N) is 2. The van der Waals surface area contributed by atoms with Crippen molar-refractivity contribution in [1.82, 2.24) is 10.6 Å². The summed E-state index contributed by atoms with van der Waals surface area (Å²) in [5, 5.41) is 8.87. The van der Waals surface area contributed by atoms with E-state index >= 15 is 0 Å². The first-order valence-corrected chi connectivity index (χ1v) is 8.25. The lowest BCUT2D eigenvalue weighted by Gasteiger charge is -2.31. The van der Waals surface area contributed by atoms with Crippen LogP contribution in [0.15, 0.2) is 11.4 Å². The fourth-order valence-corrected chi connectivity index (χ4v) is 4.38. The molecule has 0 bridgehead atoms. The van der Waals surface area contributed by atoms with Gasteiger partial charge in [0, 0.05) is 4.88 Å². The van der Waals surface area contributed by atoms with Crippen LogP contribution >= 0.6 is 11.3 Å². The molecule has 2 heterocycles. The van der Waals surface area contributed by atoms with E-state index in [0.717, 1.165) is 32.2 Å². The predicted molar refractivity (Wildman–Crippen MR) is 78.4 cm³/mol. The summed E-state index contributed by atoms with van der Waals surface area (Å²) in [7, 11) is 0. The summed E-state index contributed by atoms with van der Waals surface area (Å²) >= 11 is 1.83. The molecule has 2 aliphatic rings. The molecule has 19 heavy (non-hydrogen) atoms. The average molecular weight is 278 g/mol. The van der Waals surface area contributed by atoms with Crippen LogP contribution in [0.3, 0.4) is 0 Å². The smallest absolute Gasteiger partial charge is 0.240 e. The SMILES string of the molecule is CCC1(C(=O)NC2CCCc3sccc32)CCCN1. The maximum absolute atomic E-state index is 12.6. The van der Waals surface area contributed by atoms with Gasteiger partial charge in [-0.3, -0.25) is 4.79 Å². The topological polar surface area (TPSA) is 41.1 Å². The zero-order chi connectivity index (χ0) is 13.3. The van der Waals surface area contributed by atoms with Crippen molar-refractivity contribution < 1.29 is 4.79 Å². The summed E-state index contributed by atoms with van der Waals surface area (Å²) in [5.41, 5.74) is 1.04. The molecule has 4 heteroatoms. The first-order chi connectivity index (χ1) is 9.25. The highest BCUT2D eigenvalue weighted by atomic mass is 32.1. The molecule has 1 aliphatic heterocycles. The van der Waals surface area contributed by atoms with Gasteiger partial charge in [0.2, 0.25) is 5.91 Å². The van der Waals surface area contributed by atoms with Crippen LogP contribution in [0.5, 0.6) is 0 Å². The van der Waals surface area contributed by atoms with Gasteiger partial charge in [-0.2, -0.15) is 0 Å². The van der Waals surface area contributed by atoms with Crippen molar-refractivity contribution >= 4 is 17.2 Å². The number of thiophene rings is 1. The Balaban J connectivity index is 1.74. The van der Waals surface area contributed by atoms with E-state index in [1.165, 1.54) is 23.3 Å². The van der Waals surface area contributed by atoms with Gasteiger partial charge in [-0.05, 0) is 62.1 Å². The van der Waals surface area contributed by atoms with Gasteiger partial charge in [0.25, 0.3) is 0 Å². The third-order valence-corrected chi connectivity index (χ3v) is 5.64. The van der Waals surface area contributed by atoms with Crippen LogP contribution in [0.25, 0.3) is 0 Å². The van der Waals surface area contributed by atoms with Crippen molar-refractivity contribution in [2.45, 2.75) is 57.0 Å². The summed E-state index contributed by atoms with van der Waals surface area (Å²) in [6.45, 7) is 3.07. The lowest BCUT2D eigenvalue weighted by atomic mass is 9.90. The lowest BCUT2D eigenvalue weighted by molar-refractivity contribution is -0.128. The minimum Gasteiger partial charge on any atom is -0.348 e. The number of hydrogen-bond donors (Lipinski definition) is 2. The Morgan fingerprint density at radius 3 is 3.21 bits per heavy atom. The van der Waals surface area contributed by atoms with Gasteiger partial charge in [0.1, 0.15) is 0 Å². The second kappa shape index (κ2) is 5.25. The first kappa shape index (κ1) is 13.1. The quantitative estimate of drug-likeness (QED) is 0.892. The molecule has 1 saturated heterocycles. The van der Waals surface area contributed by atoms with E-state index in [4.69, 9.17) is 0 Å². The van der Waals surface area contributed by atoms with Crippen LogP contribution in [0, 0.1) is 0 Å².